The second-order valence-electron chi connectivity index (χ2n) is 6.53. The Morgan fingerprint density at radius 3 is 2.29 bits per heavy atom. The first-order chi connectivity index (χ1) is 7.76. The number of aryl methyl sites for hydroxylation is 2. The molecular formula is C14H25N3. The van der Waals surface area contributed by atoms with E-state index in [1.54, 1.807) is 0 Å². The minimum absolute atomic E-state index is 0.475. The molecule has 1 fully saturated rings. The van der Waals surface area contributed by atoms with Crippen LogP contribution in [0.25, 0.3) is 0 Å². The molecule has 3 heteroatoms. The van der Waals surface area contributed by atoms with E-state index in [-0.39, 0.29) is 0 Å². The normalized spacial score (nSPS) is 21.8. The zero-order chi connectivity index (χ0) is 12.8. The van der Waals surface area contributed by atoms with E-state index < -0.39 is 0 Å². The predicted octanol–water partition coefficient (Wildman–Crippen LogP) is 2.50. The van der Waals surface area contributed by atoms with E-state index in [4.69, 9.17) is 0 Å². The summed E-state index contributed by atoms with van der Waals surface area (Å²) in [5, 5.41) is 7.93. The molecule has 0 bridgehead atoms. The molecule has 0 spiro atoms. The van der Waals surface area contributed by atoms with Crippen LogP contribution in [-0.4, -0.2) is 16.3 Å². The van der Waals surface area contributed by atoms with Crippen molar-refractivity contribution in [1.82, 2.24) is 15.1 Å². The number of hydrogen-bond acceptors (Lipinski definition) is 2. The summed E-state index contributed by atoms with van der Waals surface area (Å²) in [6.07, 6.45) is 0. The van der Waals surface area contributed by atoms with Gasteiger partial charge in [0, 0.05) is 13.6 Å². The molecule has 17 heavy (non-hydrogen) atoms. The lowest BCUT2D eigenvalue weighted by atomic mass is 10.0. The van der Waals surface area contributed by atoms with Gasteiger partial charge >= 0.3 is 0 Å². The number of rotatable bonds is 4. The second kappa shape index (κ2) is 3.84. The second-order valence-corrected chi connectivity index (χ2v) is 6.53. The van der Waals surface area contributed by atoms with Crippen molar-refractivity contribution >= 4 is 0 Å². The smallest absolute Gasteiger partial charge is 0.0597 e. The molecule has 0 atom stereocenters. The summed E-state index contributed by atoms with van der Waals surface area (Å²) in [6, 6.07) is 2.15. The van der Waals surface area contributed by atoms with Gasteiger partial charge in [-0.05, 0) is 36.3 Å². The van der Waals surface area contributed by atoms with Crippen molar-refractivity contribution < 1.29 is 0 Å². The maximum Gasteiger partial charge on any atom is 0.0597 e. The Morgan fingerprint density at radius 1 is 1.29 bits per heavy atom. The standard InChI is InChI=1S/C14H25N3/c1-10-7-11(17(6)16-10)8-15-9-12-13(2,3)14(12,4)5/h7,12,15H,8-9H2,1-6H3. The first-order valence-corrected chi connectivity index (χ1v) is 6.47. The summed E-state index contributed by atoms with van der Waals surface area (Å²) in [6.45, 7) is 13.5. The van der Waals surface area contributed by atoms with Gasteiger partial charge in [-0.3, -0.25) is 4.68 Å². The van der Waals surface area contributed by atoms with Gasteiger partial charge in [-0.15, -0.1) is 0 Å². The third-order valence-electron chi connectivity index (χ3n) is 5.07. The maximum atomic E-state index is 4.36. The third-order valence-corrected chi connectivity index (χ3v) is 5.07. The number of aromatic nitrogens is 2. The monoisotopic (exact) mass is 235 g/mol. The van der Waals surface area contributed by atoms with Crippen LogP contribution >= 0.6 is 0 Å². The van der Waals surface area contributed by atoms with E-state index in [2.05, 4.69) is 44.2 Å². The Balaban J connectivity index is 1.84. The van der Waals surface area contributed by atoms with Crippen LogP contribution in [0, 0.1) is 23.7 Å². The van der Waals surface area contributed by atoms with E-state index in [9.17, 15) is 0 Å². The average molecular weight is 235 g/mol. The number of nitrogens with zero attached hydrogens (tertiary/aromatic N) is 2. The molecule has 1 saturated carbocycles. The van der Waals surface area contributed by atoms with Crippen LogP contribution in [0.2, 0.25) is 0 Å². The molecular weight excluding hydrogens is 210 g/mol. The SMILES string of the molecule is Cc1cc(CNCC2C(C)(C)C2(C)C)n(C)n1. The summed E-state index contributed by atoms with van der Waals surface area (Å²) in [4.78, 5) is 0. The first-order valence-electron chi connectivity index (χ1n) is 6.47. The fraction of sp³-hybridized carbons (Fsp3) is 0.786. The van der Waals surface area contributed by atoms with Gasteiger partial charge < -0.3 is 5.32 Å². The number of hydrogen-bond donors (Lipinski definition) is 1. The van der Waals surface area contributed by atoms with Crippen LogP contribution < -0.4 is 5.32 Å². The molecule has 0 radical (unpaired) electrons. The molecule has 0 saturated heterocycles. The summed E-state index contributed by atoms with van der Waals surface area (Å²) in [7, 11) is 2.01. The Kier molecular flexibility index (Phi) is 2.85. The van der Waals surface area contributed by atoms with Crippen molar-refractivity contribution in [2.75, 3.05) is 6.54 Å². The lowest BCUT2D eigenvalue weighted by Gasteiger charge is -2.06. The Hall–Kier alpha value is -0.830. The lowest BCUT2D eigenvalue weighted by Crippen LogP contribution is -2.20. The molecule has 1 aliphatic carbocycles. The molecule has 1 heterocycles. The van der Waals surface area contributed by atoms with Gasteiger partial charge in [0.1, 0.15) is 0 Å². The minimum Gasteiger partial charge on any atom is -0.311 e. The van der Waals surface area contributed by atoms with Gasteiger partial charge in [0.15, 0.2) is 0 Å². The van der Waals surface area contributed by atoms with Gasteiger partial charge in [-0.2, -0.15) is 5.10 Å². The quantitative estimate of drug-likeness (QED) is 0.869. The number of nitrogens with one attached hydrogen (secondary N) is 1. The van der Waals surface area contributed by atoms with Crippen LogP contribution in [-0.2, 0) is 13.6 Å². The fourth-order valence-corrected chi connectivity index (χ4v) is 3.02. The summed E-state index contributed by atoms with van der Waals surface area (Å²) < 4.78 is 1.96. The maximum absolute atomic E-state index is 4.36. The van der Waals surface area contributed by atoms with Crippen molar-refractivity contribution in [2.45, 2.75) is 41.2 Å². The molecule has 0 amide bonds. The molecule has 3 nitrogen and oxygen atoms in total. The predicted molar refractivity (Wildman–Crippen MR) is 70.7 cm³/mol. The first kappa shape index (κ1) is 12.6. The summed E-state index contributed by atoms with van der Waals surface area (Å²) in [5.41, 5.74) is 3.31. The van der Waals surface area contributed by atoms with Gasteiger partial charge in [0.05, 0.1) is 11.4 Å². The van der Waals surface area contributed by atoms with E-state index in [0.29, 0.717) is 10.8 Å². The van der Waals surface area contributed by atoms with Gasteiger partial charge in [0.2, 0.25) is 0 Å². The molecule has 96 valence electrons. The Bertz CT molecular complexity index is 401. The van der Waals surface area contributed by atoms with Crippen molar-refractivity contribution in [3.8, 4) is 0 Å². The van der Waals surface area contributed by atoms with Crippen molar-refractivity contribution in [3.05, 3.63) is 17.5 Å². The largest absolute Gasteiger partial charge is 0.311 e. The molecule has 1 aromatic rings. The Labute approximate surface area is 105 Å². The van der Waals surface area contributed by atoms with E-state index in [1.807, 2.05) is 18.7 Å². The van der Waals surface area contributed by atoms with E-state index >= 15 is 0 Å². The average Bonchev–Trinajstić information content (AvgIpc) is 2.49. The van der Waals surface area contributed by atoms with Gasteiger partial charge in [-0.1, -0.05) is 27.7 Å². The van der Waals surface area contributed by atoms with E-state index in [1.165, 1.54) is 5.69 Å². The van der Waals surface area contributed by atoms with Gasteiger partial charge in [0.25, 0.3) is 0 Å². The zero-order valence-electron chi connectivity index (χ0n) is 12.0. The van der Waals surface area contributed by atoms with E-state index in [0.717, 1.165) is 24.7 Å². The summed E-state index contributed by atoms with van der Waals surface area (Å²) in [5.74, 6) is 0.782. The zero-order valence-corrected chi connectivity index (χ0v) is 12.0. The molecule has 1 aliphatic rings. The minimum atomic E-state index is 0.475. The Morgan fingerprint density at radius 2 is 1.88 bits per heavy atom. The highest BCUT2D eigenvalue weighted by atomic mass is 15.3. The highest BCUT2D eigenvalue weighted by Gasteiger charge is 2.63. The summed E-state index contributed by atoms with van der Waals surface area (Å²) >= 11 is 0. The van der Waals surface area contributed by atoms with Crippen LogP contribution in [0.1, 0.15) is 39.1 Å². The van der Waals surface area contributed by atoms with Crippen LogP contribution in [0.4, 0.5) is 0 Å². The topological polar surface area (TPSA) is 29.9 Å². The highest BCUT2D eigenvalue weighted by Crippen LogP contribution is 2.67. The molecule has 1 N–H and O–H groups in total. The fourth-order valence-electron chi connectivity index (χ4n) is 3.02. The third kappa shape index (κ3) is 2.01. The molecule has 0 unspecified atom stereocenters. The van der Waals surface area contributed by atoms with Crippen molar-refractivity contribution in [1.29, 1.82) is 0 Å². The molecule has 0 aliphatic heterocycles. The van der Waals surface area contributed by atoms with Crippen LogP contribution in [0.3, 0.4) is 0 Å². The highest BCUT2D eigenvalue weighted by molar-refractivity contribution is 5.13. The van der Waals surface area contributed by atoms with Crippen LogP contribution in [0.15, 0.2) is 6.07 Å². The molecule has 2 rings (SSSR count). The van der Waals surface area contributed by atoms with Crippen LogP contribution in [0.5, 0.6) is 0 Å². The van der Waals surface area contributed by atoms with Crippen molar-refractivity contribution in [2.24, 2.45) is 23.8 Å². The lowest BCUT2D eigenvalue weighted by molar-refractivity contribution is 0.457. The van der Waals surface area contributed by atoms with Gasteiger partial charge in [-0.25, -0.2) is 0 Å². The molecule has 1 aromatic heterocycles. The molecule has 0 aromatic carbocycles. The van der Waals surface area contributed by atoms with Crippen molar-refractivity contribution in [3.63, 3.8) is 0 Å².